The third kappa shape index (κ3) is 3.16. The van der Waals surface area contributed by atoms with Crippen LogP contribution >= 0.6 is 0 Å². The van der Waals surface area contributed by atoms with Crippen LogP contribution in [-0.4, -0.2) is 33.9 Å². The van der Waals surface area contributed by atoms with Gasteiger partial charge in [-0.3, -0.25) is 14.6 Å². The quantitative estimate of drug-likeness (QED) is 0.897. The highest BCUT2D eigenvalue weighted by molar-refractivity contribution is 5.96. The summed E-state index contributed by atoms with van der Waals surface area (Å²) in [6.07, 6.45) is 3.14. The second kappa shape index (κ2) is 6.02. The zero-order valence-corrected chi connectivity index (χ0v) is 14.3. The van der Waals surface area contributed by atoms with Crippen LogP contribution in [0.25, 0.3) is 0 Å². The average molecular weight is 338 g/mol. The second-order valence-corrected chi connectivity index (χ2v) is 7.16. The lowest BCUT2D eigenvalue weighted by atomic mass is 9.99. The Hall–Kier alpha value is -2.63. The molecule has 2 heterocycles. The minimum absolute atomic E-state index is 0.0581. The van der Waals surface area contributed by atoms with E-state index >= 15 is 0 Å². The third-order valence-corrected chi connectivity index (χ3v) is 5.13. The average Bonchev–Trinajstić information content (AvgIpc) is 3.29. The normalized spacial score (nSPS) is 20.0. The van der Waals surface area contributed by atoms with Gasteiger partial charge in [-0.05, 0) is 43.7 Å². The first-order valence-electron chi connectivity index (χ1n) is 8.78. The number of carbonyl (C=O) groups is 1. The van der Waals surface area contributed by atoms with Gasteiger partial charge in [0.2, 0.25) is 5.95 Å². The number of likely N-dealkylation sites (tertiary alicyclic amines) is 1. The summed E-state index contributed by atoms with van der Waals surface area (Å²) in [5.41, 5.74) is 9.18. The van der Waals surface area contributed by atoms with Crippen molar-refractivity contribution in [3.8, 4) is 0 Å². The van der Waals surface area contributed by atoms with E-state index in [0.717, 1.165) is 17.5 Å². The number of rotatable bonds is 3. The maximum absolute atomic E-state index is 13.1. The number of nitrogen functional groups attached to an aromatic ring is 1. The molecule has 1 aromatic heterocycles. The van der Waals surface area contributed by atoms with Crippen LogP contribution in [0.3, 0.4) is 0 Å². The van der Waals surface area contributed by atoms with E-state index in [-0.39, 0.29) is 23.3 Å². The Balaban J connectivity index is 1.57. The number of aryl methyl sites for hydroxylation is 1. The van der Waals surface area contributed by atoms with Gasteiger partial charge >= 0.3 is 0 Å². The van der Waals surface area contributed by atoms with Crippen molar-refractivity contribution in [2.75, 3.05) is 18.8 Å². The smallest absolute Gasteiger partial charge is 0.254 e. The van der Waals surface area contributed by atoms with Gasteiger partial charge in [0.1, 0.15) is 0 Å². The summed E-state index contributed by atoms with van der Waals surface area (Å²) in [5, 5.41) is 0. The largest absolute Gasteiger partial charge is 0.369 e. The number of benzene rings is 1. The number of H-pyrrole nitrogens is 1. The molecule has 3 N–H and O–H groups in total. The lowest BCUT2D eigenvalue weighted by molar-refractivity contribution is 0.0789. The zero-order valence-electron chi connectivity index (χ0n) is 14.3. The molecule has 2 fully saturated rings. The van der Waals surface area contributed by atoms with E-state index in [4.69, 9.17) is 5.73 Å². The van der Waals surface area contributed by atoms with Crippen LogP contribution in [0.15, 0.2) is 29.1 Å². The molecule has 1 aromatic carbocycles. The molecular weight excluding hydrogens is 316 g/mol. The molecule has 130 valence electrons. The van der Waals surface area contributed by atoms with E-state index in [2.05, 4.69) is 22.1 Å². The molecule has 1 saturated heterocycles. The van der Waals surface area contributed by atoms with Gasteiger partial charge in [-0.25, -0.2) is 4.98 Å². The van der Waals surface area contributed by atoms with Crippen LogP contribution in [0, 0.1) is 6.92 Å². The van der Waals surface area contributed by atoms with Crippen LogP contribution in [0.2, 0.25) is 0 Å². The summed E-state index contributed by atoms with van der Waals surface area (Å²) in [5.74, 6) is 0.808. The highest BCUT2D eigenvalue weighted by Gasteiger charge is 2.33. The Morgan fingerprint density at radius 1 is 1.24 bits per heavy atom. The number of nitrogens with one attached hydrogen (secondary N) is 1. The molecule has 1 atom stereocenters. The summed E-state index contributed by atoms with van der Waals surface area (Å²) < 4.78 is 0. The molecule has 2 aromatic rings. The van der Waals surface area contributed by atoms with Gasteiger partial charge in [-0.1, -0.05) is 17.7 Å². The molecule has 25 heavy (non-hydrogen) atoms. The van der Waals surface area contributed by atoms with E-state index in [1.807, 2.05) is 17.9 Å². The van der Waals surface area contributed by atoms with Crippen LogP contribution in [0.4, 0.5) is 5.95 Å². The van der Waals surface area contributed by atoms with E-state index in [1.165, 1.54) is 24.5 Å². The van der Waals surface area contributed by atoms with Crippen molar-refractivity contribution in [1.82, 2.24) is 14.9 Å². The first-order valence-corrected chi connectivity index (χ1v) is 8.78. The molecule has 1 aliphatic heterocycles. The van der Waals surface area contributed by atoms with Gasteiger partial charge in [0.15, 0.2) is 0 Å². The molecule has 0 radical (unpaired) electrons. The van der Waals surface area contributed by atoms with Gasteiger partial charge < -0.3 is 10.6 Å². The van der Waals surface area contributed by atoms with Crippen molar-refractivity contribution >= 4 is 11.9 Å². The van der Waals surface area contributed by atoms with E-state index < -0.39 is 0 Å². The molecule has 1 unspecified atom stereocenters. The van der Waals surface area contributed by atoms with Crippen LogP contribution in [-0.2, 0) is 0 Å². The Labute approximate surface area is 146 Å². The molecule has 0 spiro atoms. The number of hydrogen-bond donors (Lipinski definition) is 2. The van der Waals surface area contributed by atoms with Crippen molar-refractivity contribution in [2.24, 2.45) is 0 Å². The minimum Gasteiger partial charge on any atom is -0.369 e. The summed E-state index contributed by atoms with van der Waals surface area (Å²) in [4.78, 5) is 33.3. The standard InChI is InChI=1S/C19H22N4O2/c1-11-2-5-14(12-3-4-12)15(8-11)18(25)23-7-6-13(10-23)16-9-17(24)22-19(20)21-16/h2,5,8-9,12-13H,3-4,6-7,10H2,1H3,(H3,20,21,22,24). The summed E-state index contributed by atoms with van der Waals surface area (Å²) in [6, 6.07) is 7.68. The van der Waals surface area contributed by atoms with Crippen molar-refractivity contribution in [3.63, 3.8) is 0 Å². The van der Waals surface area contributed by atoms with Crippen molar-refractivity contribution in [1.29, 1.82) is 0 Å². The Morgan fingerprint density at radius 3 is 2.76 bits per heavy atom. The van der Waals surface area contributed by atoms with Gasteiger partial charge in [0, 0.05) is 30.6 Å². The van der Waals surface area contributed by atoms with E-state index in [9.17, 15) is 9.59 Å². The van der Waals surface area contributed by atoms with Crippen LogP contribution in [0.5, 0.6) is 0 Å². The molecule has 1 saturated carbocycles. The molecule has 1 aliphatic carbocycles. The third-order valence-electron chi connectivity index (χ3n) is 5.13. The van der Waals surface area contributed by atoms with Gasteiger partial charge in [-0.2, -0.15) is 0 Å². The Bertz CT molecular complexity index is 885. The van der Waals surface area contributed by atoms with Crippen LogP contribution in [0.1, 0.15) is 58.3 Å². The predicted molar refractivity (Wildman–Crippen MR) is 95.7 cm³/mol. The first-order chi connectivity index (χ1) is 12.0. The van der Waals surface area contributed by atoms with Gasteiger partial charge in [0.25, 0.3) is 11.5 Å². The van der Waals surface area contributed by atoms with E-state index in [0.29, 0.717) is 24.7 Å². The molecule has 6 heteroatoms. The summed E-state index contributed by atoms with van der Waals surface area (Å²) >= 11 is 0. The maximum Gasteiger partial charge on any atom is 0.254 e. The Morgan fingerprint density at radius 2 is 2.04 bits per heavy atom. The number of nitrogens with two attached hydrogens (primary N) is 1. The lowest BCUT2D eigenvalue weighted by Crippen LogP contribution is -2.29. The number of carbonyl (C=O) groups excluding carboxylic acids is 1. The molecule has 1 amide bonds. The molecular formula is C19H22N4O2. The number of nitrogens with zero attached hydrogens (tertiary/aromatic N) is 2. The highest BCUT2D eigenvalue weighted by Crippen LogP contribution is 2.42. The number of aromatic nitrogens is 2. The fourth-order valence-corrected chi connectivity index (χ4v) is 3.67. The number of aromatic amines is 1. The maximum atomic E-state index is 13.1. The SMILES string of the molecule is Cc1ccc(C2CC2)c(C(=O)N2CCC(c3cc(=O)[nH]c(N)n3)C2)c1. The van der Waals surface area contributed by atoms with Crippen molar-refractivity contribution in [3.05, 3.63) is 57.0 Å². The monoisotopic (exact) mass is 338 g/mol. The molecule has 2 aliphatic rings. The molecule has 0 bridgehead atoms. The Kier molecular flexibility index (Phi) is 3.82. The topological polar surface area (TPSA) is 92.1 Å². The van der Waals surface area contributed by atoms with Crippen molar-refractivity contribution < 1.29 is 4.79 Å². The fraction of sp³-hybridized carbons (Fsp3) is 0.421. The minimum atomic E-state index is -0.248. The fourth-order valence-electron chi connectivity index (χ4n) is 3.67. The number of anilines is 1. The van der Waals surface area contributed by atoms with Crippen molar-refractivity contribution in [2.45, 2.75) is 38.0 Å². The second-order valence-electron chi connectivity index (χ2n) is 7.16. The zero-order chi connectivity index (χ0) is 17.6. The first kappa shape index (κ1) is 15.9. The predicted octanol–water partition coefficient (Wildman–Crippen LogP) is 2.17. The molecule has 4 rings (SSSR count). The van der Waals surface area contributed by atoms with Gasteiger partial charge in [-0.15, -0.1) is 0 Å². The van der Waals surface area contributed by atoms with E-state index in [1.54, 1.807) is 0 Å². The highest BCUT2D eigenvalue weighted by atomic mass is 16.2. The summed E-state index contributed by atoms with van der Waals surface area (Å²) in [7, 11) is 0. The van der Waals surface area contributed by atoms with Crippen LogP contribution < -0.4 is 11.3 Å². The number of amides is 1. The number of hydrogen-bond acceptors (Lipinski definition) is 4. The summed E-state index contributed by atoms with van der Waals surface area (Å²) in [6.45, 7) is 3.27. The van der Waals surface area contributed by atoms with Gasteiger partial charge in [0.05, 0.1) is 5.69 Å². The lowest BCUT2D eigenvalue weighted by Gasteiger charge is -2.19. The molecule has 6 nitrogen and oxygen atoms in total.